The van der Waals surface area contributed by atoms with Gasteiger partial charge in [0.25, 0.3) is 0 Å². The van der Waals surface area contributed by atoms with Crippen LogP contribution in [-0.2, 0) is 11.2 Å². The maximum absolute atomic E-state index is 12.4. The molecule has 0 spiro atoms. The van der Waals surface area contributed by atoms with Crippen LogP contribution in [0.1, 0.15) is 57.6 Å². The van der Waals surface area contributed by atoms with Crippen LogP contribution in [0.25, 0.3) is 10.9 Å². The number of likely N-dealkylation sites (tertiary alicyclic amines) is 1. The lowest BCUT2D eigenvalue weighted by molar-refractivity contribution is 0.0198. The topological polar surface area (TPSA) is 42.4 Å². The second kappa shape index (κ2) is 7.03. The molecule has 4 heteroatoms. The van der Waals surface area contributed by atoms with E-state index in [-0.39, 0.29) is 6.09 Å². The predicted molar refractivity (Wildman–Crippen MR) is 101 cm³/mol. The number of benzene rings is 1. The van der Waals surface area contributed by atoms with E-state index in [9.17, 15) is 4.79 Å². The molecule has 0 N–H and O–H groups in total. The van der Waals surface area contributed by atoms with Gasteiger partial charge in [-0.1, -0.05) is 25.1 Å². The zero-order valence-electron chi connectivity index (χ0n) is 15.7. The summed E-state index contributed by atoms with van der Waals surface area (Å²) in [5.74, 6) is 0.310. The Morgan fingerprint density at radius 3 is 2.88 bits per heavy atom. The minimum absolute atomic E-state index is 0.210. The van der Waals surface area contributed by atoms with Crippen molar-refractivity contribution in [1.82, 2.24) is 9.88 Å². The Labute approximate surface area is 150 Å². The number of hydrogen-bond donors (Lipinski definition) is 0. The molecule has 0 aliphatic carbocycles. The van der Waals surface area contributed by atoms with Gasteiger partial charge >= 0.3 is 6.09 Å². The highest BCUT2D eigenvalue weighted by Gasteiger charge is 2.29. The number of piperidine rings is 1. The Kier molecular flexibility index (Phi) is 4.98. The van der Waals surface area contributed by atoms with E-state index in [4.69, 9.17) is 9.72 Å². The Balaban J connectivity index is 1.84. The fourth-order valence-electron chi connectivity index (χ4n) is 3.48. The van der Waals surface area contributed by atoms with Gasteiger partial charge in [-0.05, 0) is 57.2 Å². The van der Waals surface area contributed by atoms with Crippen molar-refractivity contribution in [1.29, 1.82) is 0 Å². The van der Waals surface area contributed by atoms with Gasteiger partial charge in [0, 0.05) is 30.6 Å². The zero-order valence-corrected chi connectivity index (χ0v) is 15.7. The highest BCUT2D eigenvalue weighted by atomic mass is 16.6. The number of pyridine rings is 1. The lowest BCUT2D eigenvalue weighted by atomic mass is 9.89. The SMILES string of the molecule is CCc1cnc2c(C3CCCN(C(=O)OC(C)(C)C)C3)cccc2c1. The van der Waals surface area contributed by atoms with Gasteiger partial charge in [0.15, 0.2) is 0 Å². The Morgan fingerprint density at radius 2 is 2.16 bits per heavy atom. The average molecular weight is 340 g/mol. The summed E-state index contributed by atoms with van der Waals surface area (Å²) >= 11 is 0. The largest absolute Gasteiger partial charge is 0.444 e. The van der Waals surface area contributed by atoms with Gasteiger partial charge in [0.05, 0.1) is 5.52 Å². The fraction of sp³-hybridized carbons (Fsp3) is 0.524. The number of amides is 1. The van der Waals surface area contributed by atoms with E-state index in [0.717, 1.165) is 31.3 Å². The second-order valence-corrected chi connectivity index (χ2v) is 7.88. The molecule has 2 aromatic rings. The zero-order chi connectivity index (χ0) is 18.0. The first-order valence-electron chi connectivity index (χ1n) is 9.23. The normalized spacial score (nSPS) is 18.4. The molecular formula is C21H28N2O2. The average Bonchev–Trinajstić information content (AvgIpc) is 2.59. The van der Waals surface area contributed by atoms with Crippen molar-refractivity contribution < 1.29 is 9.53 Å². The molecule has 1 aromatic heterocycles. The smallest absolute Gasteiger partial charge is 0.410 e. The summed E-state index contributed by atoms with van der Waals surface area (Å²) in [4.78, 5) is 19.0. The van der Waals surface area contributed by atoms with Gasteiger partial charge in [-0.25, -0.2) is 4.79 Å². The number of carbonyl (C=O) groups excluding carboxylic acids is 1. The van der Waals surface area contributed by atoms with Crippen LogP contribution in [0.2, 0.25) is 0 Å². The first-order valence-corrected chi connectivity index (χ1v) is 9.23. The number of aryl methyl sites for hydroxylation is 1. The number of hydrogen-bond acceptors (Lipinski definition) is 3. The van der Waals surface area contributed by atoms with Gasteiger partial charge in [0.2, 0.25) is 0 Å². The van der Waals surface area contributed by atoms with E-state index in [1.165, 1.54) is 16.5 Å². The van der Waals surface area contributed by atoms with E-state index in [2.05, 4.69) is 31.2 Å². The molecule has 134 valence electrons. The third kappa shape index (κ3) is 4.12. The van der Waals surface area contributed by atoms with Gasteiger partial charge in [0.1, 0.15) is 5.60 Å². The monoisotopic (exact) mass is 340 g/mol. The van der Waals surface area contributed by atoms with E-state index in [1.807, 2.05) is 31.9 Å². The number of aromatic nitrogens is 1. The molecule has 4 nitrogen and oxygen atoms in total. The molecular weight excluding hydrogens is 312 g/mol. The third-order valence-corrected chi connectivity index (χ3v) is 4.72. The van der Waals surface area contributed by atoms with Crippen molar-refractivity contribution in [2.24, 2.45) is 0 Å². The molecule has 1 aliphatic heterocycles. The van der Waals surface area contributed by atoms with Crippen LogP contribution in [-0.4, -0.2) is 34.7 Å². The molecule has 1 amide bonds. The number of carbonyl (C=O) groups is 1. The first-order chi connectivity index (χ1) is 11.9. The predicted octanol–water partition coefficient (Wildman–Crippen LogP) is 4.91. The van der Waals surface area contributed by atoms with Gasteiger partial charge in [-0.3, -0.25) is 4.98 Å². The maximum Gasteiger partial charge on any atom is 0.410 e. The van der Waals surface area contributed by atoms with E-state index < -0.39 is 5.60 Å². The lowest BCUT2D eigenvalue weighted by Gasteiger charge is -2.34. The fourth-order valence-corrected chi connectivity index (χ4v) is 3.48. The molecule has 1 saturated heterocycles. The van der Waals surface area contributed by atoms with E-state index >= 15 is 0 Å². The number of rotatable bonds is 2. The number of para-hydroxylation sites is 1. The molecule has 0 radical (unpaired) electrons. The van der Waals surface area contributed by atoms with Crippen LogP contribution in [0.4, 0.5) is 4.79 Å². The highest BCUT2D eigenvalue weighted by Crippen LogP contribution is 2.32. The van der Waals surface area contributed by atoms with E-state index in [0.29, 0.717) is 12.5 Å². The van der Waals surface area contributed by atoms with Crippen molar-refractivity contribution in [3.05, 3.63) is 41.6 Å². The van der Waals surface area contributed by atoms with Gasteiger partial charge in [-0.15, -0.1) is 0 Å². The lowest BCUT2D eigenvalue weighted by Crippen LogP contribution is -2.42. The van der Waals surface area contributed by atoms with Crippen molar-refractivity contribution in [3.8, 4) is 0 Å². The van der Waals surface area contributed by atoms with Crippen molar-refractivity contribution in [3.63, 3.8) is 0 Å². The van der Waals surface area contributed by atoms with Crippen molar-refractivity contribution in [2.75, 3.05) is 13.1 Å². The quantitative estimate of drug-likeness (QED) is 0.780. The summed E-state index contributed by atoms with van der Waals surface area (Å²) in [7, 11) is 0. The highest BCUT2D eigenvalue weighted by molar-refractivity contribution is 5.83. The molecule has 0 saturated carbocycles. The summed E-state index contributed by atoms with van der Waals surface area (Å²) in [5, 5.41) is 1.19. The summed E-state index contributed by atoms with van der Waals surface area (Å²) in [6.07, 6.45) is 4.82. The Bertz CT molecular complexity index is 764. The van der Waals surface area contributed by atoms with Crippen molar-refractivity contribution in [2.45, 2.75) is 58.5 Å². The molecule has 1 atom stereocenters. The molecule has 25 heavy (non-hydrogen) atoms. The minimum atomic E-state index is -0.457. The van der Waals surface area contributed by atoms with Crippen LogP contribution in [0.3, 0.4) is 0 Å². The van der Waals surface area contributed by atoms with Crippen LogP contribution in [0.15, 0.2) is 30.5 Å². The van der Waals surface area contributed by atoms with Crippen LogP contribution in [0, 0.1) is 0 Å². The Hall–Kier alpha value is -2.10. The van der Waals surface area contributed by atoms with Gasteiger partial charge < -0.3 is 9.64 Å². The van der Waals surface area contributed by atoms with Crippen molar-refractivity contribution >= 4 is 17.0 Å². The van der Waals surface area contributed by atoms with Crippen LogP contribution >= 0.6 is 0 Å². The van der Waals surface area contributed by atoms with Crippen LogP contribution in [0.5, 0.6) is 0 Å². The molecule has 1 unspecified atom stereocenters. The summed E-state index contributed by atoms with van der Waals surface area (Å²) in [6.45, 7) is 9.34. The maximum atomic E-state index is 12.4. The summed E-state index contributed by atoms with van der Waals surface area (Å²) < 4.78 is 5.55. The molecule has 2 heterocycles. The van der Waals surface area contributed by atoms with Gasteiger partial charge in [-0.2, -0.15) is 0 Å². The van der Waals surface area contributed by atoms with Crippen LogP contribution < -0.4 is 0 Å². The van der Waals surface area contributed by atoms with E-state index in [1.54, 1.807) is 0 Å². The molecule has 1 aliphatic rings. The number of ether oxygens (including phenoxy) is 1. The standard InChI is InChI=1S/C21H28N2O2/c1-5-15-12-16-8-6-10-18(19(16)22-13-15)17-9-7-11-23(14-17)20(24)25-21(2,3)4/h6,8,10,12-13,17H,5,7,9,11,14H2,1-4H3. The molecule has 1 aromatic carbocycles. The molecule has 0 bridgehead atoms. The Morgan fingerprint density at radius 1 is 1.36 bits per heavy atom. The minimum Gasteiger partial charge on any atom is -0.444 e. The second-order valence-electron chi connectivity index (χ2n) is 7.88. The number of nitrogens with zero attached hydrogens (tertiary/aromatic N) is 2. The first kappa shape index (κ1) is 17.7. The molecule has 3 rings (SSSR count). The third-order valence-electron chi connectivity index (χ3n) is 4.72. The molecule has 1 fully saturated rings. The number of fused-ring (bicyclic) bond motifs is 1. The summed E-state index contributed by atoms with van der Waals surface area (Å²) in [5.41, 5.74) is 3.11. The summed E-state index contributed by atoms with van der Waals surface area (Å²) in [6, 6.07) is 8.61.